The molecule has 0 aromatic heterocycles. The normalized spacial score (nSPS) is 16.9. The molecule has 4 aromatic rings. The molecule has 0 unspecified atom stereocenters. The van der Waals surface area contributed by atoms with Gasteiger partial charge in [-0.05, 0) is 110 Å². The van der Waals surface area contributed by atoms with Crippen molar-refractivity contribution >= 4 is 0 Å². The molecule has 1 saturated carbocycles. The topological polar surface area (TPSA) is 18.5 Å². The Hall–Kier alpha value is -3.94. The molecular weight excluding hydrogens is 554 g/mol. The average molecular weight is 585 g/mol. The fraction of sp³-hybridized carbons (Fsp3) is 0.294. The zero-order valence-electron chi connectivity index (χ0n) is 23.3. The summed E-state index contributed by atoms with van der Waals surface area (Å²) < 4.78 is 99.0. The van der Waals surface area contributed by atoms with Gasteiger partial charge in [0.1, 0.15) is 18.2 Å². The third kappa shape index (κ3) is 6.58. The molecule has 0 amide bonds. The Kier molecular flexibility index (Phi) is 8.80. The summed E-state index contributed by atoms with van der Waals surface area (Å²) >= 11 is 0. The second-order valence-corrected chi connectivity index (χ2v) is 11.0. The van der Waals surface area contributed by atoms with Crippen LogP contribution < -0.4 is 9.47 Å². The van der Waals surface area contributed by atoms with Crippen LogP contribution in [0.4, 0.5) is 26.3 Å². The van der Waals surface area contributed by atoms with E-state index in [0.29, 0.717) is 36.8 Å². The van der Waals surface area contributed by atoms with Gasteiger partial charge in [-0.1, -0.05) is 29.8 Å². The van der Waals surface area contributed by atoms with Crippen molar-refractivity contribution in [1.82, 2.24) is 0 Å². The summed E-state index contributed by atoms with van der Waals surface area (Å²) in [5.74, 6) is -6.61. The van der Waals surface area contributed by atoms with Crippen molar-refractivity contribution in [3.05, 3.63) is 118 Å². The highest BCUT2D eigenvalue weighted by atomic mass is 19.2. The largest absolute Gasteiger partial charge is 0.487 e. The fourth-order valence-electron chi connectivity index (χ4n) is 5.59. The highest BCUT2D eigenvalue weighted by Crippen LogP contribution is 2.39. The lowest BCUT2D eigenvalue weighted by Crippen LogP contribution is -2.20. The van der Waals surface area contributed by atoms with Crippen LogP contribution in [-0.4, -0.2) is 6.61 Å². The van der Waals surface area contributed by atoms with Gasteiger partial charge in [0.2, 0.25) is 0 Å². The lowest BCUT2D eigenvalue weighted by atomic mass is 9.78. The highest BCUT2D eigenvalue weighted by Gasteiger charge is 2.26. The first kappa shape index (κ1) is 29.5. The van der Waals surface area contributed by atoms with Crippen molar-refractivity contribution in [2.45, 2.75) is 52.1 Å². The van der Waals surface area contributed by atoms with E-state index in [0.717, 1.165) is 23.3 Å². The molecule has 4 aromatic carbocycles. The summed E-state index contributed by atoms with van der Waals surface area (Å²) in [7, 11) is 0. The van der Waals surface area contributed by atoms with Gasteiger partial charge in [-0.3, -0.25) is 0 Å². The summed E-state index contributed by atoms with van der Waals surface area (Å²) in [6, 6.07) is 13.8. The van der Waals surface area contributed by atoms with Crippen LogP contribution in [0.25, 0.3) is 11.1 Å². The van der Waals surface area contributed by atoms with Gasteiger partial charge in [-0.2, -0.15) is 0 Å². The molecule has 8 heteroatoms. The molecule has 0 bridgehead atoms. The minimum Gasteiger partial charge on any atom is -0.487 e. The standard InChI is InChI=1S/C34H30F6O2/c1-19-4-3-5-22(10-19)18-42-34-30(39)15-25(16-31(34)40)32-26(35)13-24(14-27(32)36)23-8-6-21(7-9-23)17-41-33-28(37)11-20(2)12-29(33)38/h3-5,10-16,21,23H,6-9,17-18H2,1-2H3. The van der Waals surface area contributed by atoms with Gasteiger partial charge in [0.05, 0.1) is 12.2 Å². The smallest absolute Gasteiger partial charge is 0.191 e. The van der Waals surface area contributed by atoms with Crippen LogP contribution in [0.1, 0.15) is 53.9 Å². The van der Waals surface area contributed by atoms with Gasteiger partial charge in [-0.15, -0.1) is 0 Å². The molecule has 0 saturated heterocycles. The van der Waals surface area contributed by atoms with E-state index in [1.54, 1.807) is 19.1 Å². The summed E-state index contributed by atoms with van der Waals surface area (Å²) in [5.41, 5.74) is 1.80. The van der Waals surface area contributed by atoms with Crippen LogP contribution in [0.3, 0.4) is 0 Å². The van der Waals surface area contributed by atoms with E-state index in [9.17, 15) is 17.6 Å². The van der Waals surface area contributed by atoms with Crippen molar-refractivity contribution in [2.75, 3.05) is 6.61 Å². The summed E-state index contributed by atoms with van der Waals surface area (Å²) in [6.45, 7) is 3.53. The van der Waals surface area contributed by atoms with E-state index in [1.165, 1.54) is 24.3 Å². The van der Waals surface area contributed by atoms with E-state index in [1.807, 2.05) is 19.1 Å². The monoisotopic (exact) mass is 584 g/mol. The minimum atomic E-state index is -1.06. The lowest BCUT2D eigenvalue weighted by Gasteiger charge is -2.29. The average Bonchev–Trinajstić information content (AvgIpc) is 2.92. The molecule has 0 aliphatic heterocycles. The first-order valence-corrected chi connectivity index (χ1v) is 13.8. The van der Waals surface area contributed by atoms with Gasteiger partial charge in [0.15, 0.2) is 34.8 Å². The number of hydrogen-bond donors (Lipinski definition) is 0. The molecule has 2 nitrogen and oxygen atoms in total. The number of hydrogen-bond acceptors (Lipinski definition) is 2. The number of ether oxygens (including phenoxy) is 2. The van der Waals surface area contributed by atoms with Crippen LogP contribution in [0, 0.1) is 54.7 Å². The molecule has 0 heterocycles. The molecule has 1 fully saturated rings. The third-order valence-corrected chi connectivity index (χ3v) is 7.74. The zero-order valence-corrected chi connectivity index (χ0v) is 23.3. The van der Waals surface area contributed by atoms with E-state index in [4.69, 9.17) is 9.47 Å². The second kappa shape index (κ2) is 12.5. The predicted octanol–water partition coefficient (Wildman–Crippen LogP) is 9.74. The Morgan fingerprint density at radius 1 is 0.619 bits per heavy atom. The first-order valence-electron chi connectivity index (χ1n) is 13.8. The number of benzene rings is 4. The maximum atomic E-state index is 15.2. The zero-order chi connectivity index (χ0) is 30.0. The molecule has 1 aliphatic carbocycles. The van der Waals surface area contributed by atoms with Crippen LogP contribution in [0.5, 0.6) is 11.5 Å². The summed E-state index contributed by atoms with van der Waals surface area (Å²) in [6.07, 6.45) is 2.49. The molecule has 0 N–H and O–H groups in total. The van der Waals surface area contributed by atoms with Gasteiger partial charge in [0, 0.05) is 0 Å². The highest BCUT2D eigenvalue weighted by molar-refractivity contribution is 5.66. The van der Waals surface area contributed by atoms with Crippen molar-refractivity contribution in [3.63, 3.8) is 0 Å². The molecule has 42 heavy (non-hydrogen) atoms. The molecule has 5 rings (SSSR count). The van der Waals surface area contributed by atoms with E-state index >= 15 is 8.78 Å². The number of rotatable bonds is 8. The van der Waals surface area contributed by atoms with Gasteiger partial charge >= 0.3 is 0 Å². The van der Waals surface area contributed by atoms with Gasteiger partial charge in [0.25, 0.3) is 0 Å². The van der Waals surface area contributed by atoms with E-state index in [-0.39, 0.29) is 30.6 Å². The van der Waals surface area contributed by atoms with Crippen molar-refractivity contribution in [3.8, 4) is 22.6 Å². The predicted molar refractivity (Wildman–Crippen MR) is 149 cm³/mol. The van der Waals surface area contributed by atoms with E-state index in [2.05, 4.69) is 0 Å². The molecule has 0 spiro atoms. The quantitative estimate of drug-likeness (QED) is 0.192. The Morgan fingerprint density at radius 3 is 1.79 bits per heavy atom. The fourth-order valence-corrected chi connectivity index (χ4v) is 5.59. The molecular formula is C34H30F6O2. The molecule has 1 aliphatic rings. The summed E-state index contributed by atoms with van der Waals surface area (Å²) in [5, 5.41) is 0. The Bertz CT molecular complexity index is 1520. The summed E-state index contributed by atoms with van der Waals surface area (Å²) in [4.78, 5) is 0. The van der Waals surface area contributed by atoms with Crippen LogP contribution in [0.15, 0.2) is 60.7 Å². The lowest BCUT2D eigenvalue weighted by molar-refractivity contribution is 0.187. The maximum Gasteiger partial charge on any atom is 0.191 e. The SMILES string of the molecule is Cc1cccc(COc2c(F)cc(-c3c(F)cc(C4CCC(COc5c(F)cc(C)cc5F)CC4)cc3F)cc2F)c1. The minimum absolute atomic E-state index is 0.0351. The molecule has 220 valence electrons. The van der Waals surface area contributed by atoms with Crippen LogP contribution in [0.2, 0.25) is 0 Å². The van der Waals surface area contributed by atoms with Crippen molar-refractivity contribution in [1.29, 1.82) is 0 Å². The Morgan fingerprint density at radius 2 is 1.19 bits per heavy atom. The van der Waals surface area contributed by atoms with Crippen molar-refractivity contribution in [2.24, 2.45) is 5.92 Å². The first-order chi connectivity index (χ1) is 20.1. The number of halogens is 6. The van der Waals surface area contributed by atoms with Crippen molar-refractivity contribution < 1.29 is 35.8 Å². The molecule has 0 atom stereocenters. The molecule has 0 radical (unpaired) electrons. The van der Waals surface area contributed by atoms with Gasteiger partial charge in [-0.25, -0.2) is 26.3 Å². The Labute approximate surface area is 240 Å². The van der Waals surface area contributed by atoms with Gasteiger partial charge < -0.3 is 9.47 Å². The number of aryl methyl sites for hydroxylation is 2. The van der Waals surface area contributed by atoms with E-state index < -0.39 is 52.0 Å². The Balaban J connectivity index is 1.24. The van der Waals surface area contributed by atoms with Crippen LogP contribution in [-0.2, 0) is 6.61 Å². The third-order valence-electron chi connectivity index (χ3n) is 7.74. The second-order valence-electron chi connectivity index (χ2n) is 11.0. The maximum absolute atomic E-state index is 15.2. The van der Waals surface area contributed by atoms with Crippen LogP contribution >= 0.6 is 0 Å².